The standard InChI is InChI=1S/C19H39N.ClH/c1-3-4-5-6-7-8-9-10-11-12-13-16-19-17-14-15-18(2)20-19;/h18-20H,3-17H2,1-2H3;1H/t18-,19-;/m1./s1. The number of nitrogens with one attached hydrogen (secondary N) is 1. The predicted molar refractivity (Wildman–Crippen MR) is 98.6 cm³/mol. The third-order valence-corrected chi connectivity index (χ3v) is 4.87. The first-order chi connectivity index (χ1) is 9.83. The summed E-state index contributed by atoms with van der Waals surface area (Å²) in [6.07, 6.45) is 21.7. The molecule has 2 heteroatoms. The number of unbranched alkanes of at least 4 members (excludes halogenated alkanes) is 10. The van der Waals surface area contributed by atoms with Crippen LogP contribution in [0.4, 0.5) is 0 Å². The zero-order valence-electron chi connectivity index (χ0n) is 14.7. The second-order valence-corrected chi connectivity index (χ2v) is 7.02. The van der Waals surface area contributed by atoms with Crippen LogP contribution in [0.5, 0.6) is 0 Å². The highest BCUT2D eigenvalue weighted by molar-refractivity contribution is 5.85. The first kappa shape index (κ1) is 21.2. The summed E-state index contributed by atoms with van der Waals surface area (Å²) in [5.41, 5.74) is 0. The van der Waals surface area contributed by atoms with E-state index in [0.717, 1.165) is 12.1 Å². The highest BCUT2D eigenvalue weighted by Gasteiger charge is 2.16. The van der Waals surface area contributed by atoms with Crippen molar-refractivity contribution >= 4 is 12.4 Å². The van der Waals surface area contributed by atoms with Crippen LogP contribution in [0, 0.1) is 0 Å². The van der Waals surface area contributed by atoms with Crippen molar-refractivity contribution in [1.82, 2.24) is 5.32 Å². The number of piperidine rings is 1. The van der Waals surface area contributed by atoms with Gasteiger partial charge in [-0.25, -0.2) is 0 Å². The Morgan fingerprint density at radius 1 is 0.762 bits per heavy atom. The van der Waals surface area contributed by atoms with Crippen LogP contribution in [-0.2, 0) is 0 Å². The van der Waals surface area contributed by atoms with E-state index < -0.39 is 0 Å². The van der Waals surface area contributed by atoms with Gasteiger partial charge in [-0.15, -0.1) is 12.4 Å². The molecule has 0 aromatic carbocycles. The summed E-state index contributed by atoms with van der Waals surface area (Å²) in [5.74, 6) is 0. The van der Waals surface area contributed by atoms with E-state index in [1.165, 1.54) is 96.3 Å². The van der Waals surface area contributed by atoms with Crippen LogP contribution >= 0.6 is 12.4 Å². The third-order valence-electron chi connectivity index (χ3n) is 4.87. The molecule has 2 atom stereocenters. The van der Waals surface area contributed by atoms with E-state index in [1.807, 2.05) is 0 Å². The summed E-state index contributed by atoms with van der Waals surface area (Å²) in [4.78, 5) is 0. The molecule has 0 bridgehead atoms. The third kappa shape index (κ3) is 12.5. The minimum Gasteiger partial charge on any atom is -0.312 e. The van der Waals surface area contributed by atoms with Gasteiger partial charge < -0.3 is 5.32 Å². The fraction of sp³-hybridized carbons (Fsp3) is 1.00. The smallest absolute Gasteiger partial charge is 0.00695 e. The lowest BCUT2D eigenvalue weighted by atomic mass is 9.95. The Balaban J connectivity index is 0.00000400. The molecule has 0 radical (unpaired) electrons. The molecule has 0 unspecified atom stereocenters. The maximum Gasteiger partial charge on any atom is 0.00695 e. The number of hydrogen-bond donors (Lipinski definition) is 1. The zero-order chi connectivity index (χ0) is 14.5. The van der Waals surface area contributed by atoms with E-state index >= 15 is 0 Å². The van der Waals surface area contributed by atoms with Crippen molar-refractivity contribution in [1.29, 1.82) is 0 Å². The van der Waals surface area contributed by atoms with Gasteiger partial charge in [0, 0.05) is 12.1 Å². The predicted octanol–water partition coefficient (Wildman–Crippen LogP) is 6.64. The van der Waals surface area contributed by atoms with E-state index in [-0.39, 0.29) is 12.4 Å². The second-order valence-electron chi connectivity index (χ2n) is 7.02. The van der Waals surface area contributed by atoms with Crippen LogP contribution in [0.15, 0.2) is 0 Å². The Morgan fingerprint density at radius 3 is 1.81 bits per heavy atom. The second kappa shape index (κ2) is 15.2. The summed E-state index contributed by atoms with van der Waals surface area (Å²) in [6, 6.07) is 1.60. The first-order valence-electron chi connectivity index (χ1n) is 9.59. The average Bonchev–Trinajstić information content (AvgIpc) is 2.45. The summed E-state index contributed by atoms with van der Waals surface area (Å²) in [5, 5.41) is 3.75. The van der Waals surface area contributed by atoms with Gasteiger partial charge in [0.05, 0.1) is 0 Å². The Hall–Kier alpha value is 0.250. The molecule has 0 aliphatic carbocycles. The molecule has 0 spiro atoms. The highest BCUT2D eigenvalue weighted by atomic mass is 35.5. The van der Waals surface area contributed by atoms with E-state index in [9.17, 15) is 0 Å². The molecule has 1 saturated heterocycles. The molecule has 1 fully saturated rings. The molecule has 0 aromatic heterocycles. The van der Waals surface area contributed by atoms with Crippen molar-refractivity contribution in [3.05, 3.63) is 0 Å². The maximum atomic E-state index is 3.75. The van der Waals surface area contributed by atoms with Gasteiger partial charge in [0.2, 0.25) is 0 Å². The molecule has 1 aliphatic rings. The molecule has 1 N–H and O–H groups in total. The molecule has 1 aliphatic heterocycles. The topological polar surface area (TPSA) is 12.0 Å². The molecule has 1 nitrogen and oxygen atoms in total. The summed E-state index contributed by atoms with van der Waals surface area (Å²) >= 11 is 0. The minimum absolute atomic E-state index is 0. The molecule has 1 heterocycles. The molecular weight excluding hydrogens is 278 g/mol. The molecule has 0 saturated carbocycles. The van der Waals surface area contributed by atoms with Gasteiger partial charge in [0.15, 0.2) is 0 Å². The Bertz CT molecular complexity index is 208. The fourth-order valence-corrected chi connectivity index (χ4v) is 3.52. The van der Waals surface area contributed by atoms with Crippen molar-refractivity contribution in [3.63, 3.8) is 0 Å². The summed E-state index contributed by atoms with van der Waals surface area (Å²) in [6.45, 7) is 4.64. The molecule has 128 valence electrons. The lowest BCUT2D eigenvalue weighted by molar-refractivity contribution is 0.314. The van der Waals surface area contributed by atoms with Gasteiger partial charge in [-0.3, -0.25) is 0 Å². The lowest BCUT2D eigenvalue weighted by Gasteiger charge is -2.28. The number of halogens is 1. The Labute approximate surface area is 140 Å². The van der Waals surface area contributed by atoms with Gasteiger partial charge in [0.25, 0.3) is 0 Å². The van der Waals surface area contributed by atoms with Gasteiger partial charge >= 0.3 is 0 Å². The highest BCUT2D eigenvalue weighted by Crippen LogP contribution is 2.18. The van der Waals surface area contributed by atoms with Crippen LogP contribution in [0.1, 0.15) is 110 Å². The zero-order valence-corrected chi connectivity index (χ0v) is 15.5. The van der Waals surface area contributed by atoms with Crippen LogP contribution in [0.2, 0.25) is 0 Å². The van der Waals surface area contributed by atoms with Crippen molar-refractivity contribution in [2.75, 3.05) is 0 Å². The maximum absolute atomic E-state index is 3.75. The quantitative estimate of drug-likeness (QED) is 0.398. The van der Waals surface area contributed by atoms with E-state index in [2.05, 4.69) is 19.2 Å². The van der Waals surface area contributed by atoms with Gasteiger partial charge in [-0.1, -0.05) is 84.0 Å². The normalized spacial score (nSPS) is 22.0. The molecule has 0 amide bonds. The molecule has 21 heavy (non-hydrogen) atoms. The van der Waals surface area contributed by atoms with Crippen LogP contribution < -0.4 is 5.32 Å². The van der Waals surface area contributed by atoms with Gasteiger partial charge in [-0.05, 0) is 26.2 Å². The lowest BCUT2D eigenvalue weighted by Crippen LogP contribution is -2.40. The largest absolute Gasteiger partial charge is 0.312 e. The van der Waals surface area contributed by atoms with Crippen LogP contribution in [0.3, 0.4) is 0 Å². The number of hydrogen-bond acceptors (Lipinski definition) is 1. The molecule has 1 rings (SSSR count). The molecule has 0 aromatic rings. The summed E-state index contributed by atoms with van der Waals surface area (Å²) in [7, 11) is 0. The Kier molecular flexibility index (Phi) is 15.3. The van der Waals surface area contributed by atoms with E-state index in [4.69, 9.17) is 0 Å². The monoisotopic (exact) mass is 317 g/mol. The van der Waals surface area contributed by atoms with Crippen molar-refractivity contribution < 1.29 is 0 Å². The van der Waals surface area contributed by atoms with Crippen LogP contribution in [-0.4, -0.2) is 12.1 Å². The first-order valence-corrected chi connectivity index (χ1v) is 9.59. The SMILES string of the molecule is CCCCCCCCCCCCC[C@@H]1CCC[C@@H](C)N1.Cl. The number of rotatable bonds is 12. The minimum atomic E-state index is 0. The fourth-order valence-electron chi connectivity index (χ4n) is 3.52. The van der Waals surface area contributed by atoms with Crippen LogP contribution in [0.25, 0.3) is 0 Å². The molecular formula is C19H40ClN. The average molecular weight is 318 g/mol. The van der Waals surface area contributed by atoms with Crippen molar-refractivity contribution in [2.45, 2.75) is 122 Å². The Morgan fingerprint density at radius 2 is 1.29 bits per heavy atom. The summed E-state index contributed by atoms with van der Waals surface area (Å²) < 4.78 is 0. The van der Waals surface area contributed by atoms with Crippen molar-refractivity contribution in [2.24, 2.45) is 0 Å². The van der Waals surface area contributed by atoms with Gasteiger partial charge in [0.1, 0.15) is 0 Å². The van der Waals surface area contributed by atoms with Crippen molar-refractivity contribution in [3.8, 4) is 0 Å². The van der Waals surface area contributed by atoms with E-state index in [1.54, 1.807) is 0 Å². The van der Waals surface area contributed by atoms with Gasteiger partial charge in [-0.2, -0.15) is 0 Å². The van der Waals surface area contributed by atoms with E-state index in [0.29, 0.717) is 0 Å².